The Morgan fingerprint density at radius 1 is 1.10 bits per heavy atom. The van der Waals surface area contributed by atoms with E-state index in [0.717, 1.165) is 5.56 Å². The number of rotatable bonds is 4. The summed E-state index contributed by atoms with van der Waals surface area (Å²) in [5.41, 5.74) is 1.08. The zero-order chi connectivity index (χ0) is 13.9. The van der Waals surface area contributed by atoms with E-state index < -0.39 is 0 Å². The number of nitrogens with zero attached hydrogens (tertiary/aromatic N) is 1. The van der Waals surface area contributed by atoms with Crippen LogP contribution in [0.3, 0.4) is 0 Å². The predicted octanol–water partition coefficient (Wildman–Crippen LogP) is 2.40. The molecule has 0 aliphatic carbocycles. The fourth-order valence-electron chi connectivity index (χ4n) is 2.53. The van der Waals surface area contributed by atoms with Crippen molar-refractivity contribution in [3.63, 3.8) is 0 Å². The van der Waals surface area contributed by atoms with Gasteiger partial charge in [-0.1, -0.05) is 30.3 Å². The third-order valence-electron chi connectivity index (χ3n) is 3.56. The zero-order valence-electron chi connectivity index (χ0n) is 11.0. The van der Waals surface area contributed by atoms with Crippen molar-refractivity contribution in [3.05, 3.63) is 60.1 Å². The molecule has 0 spiro atoms. The van der Waals surface area contributed by atoms with Gasteiger partial charge in [-0.25, -0.2) is 0 Å². The molecule has 1 saturated heterocycles. The molecule has 4 heteroatoms. The van der Waals surface area contributed by atoms with E-state index in [9.17, 15) is 9.59 Å². The van der Waals surface area contributed by atoms with Gasteiger partial charge >= 0.3 is 0 Å². The van der Waals surface area contributed by atoms with Gasteiger partial charge in [0.1, 0.15) is 5.76 Å². The summed E-state index contributed by atoms with van der Waals surface area (Å²) in [7, 11) is 0. The highest BCUT2D eigenvalue weighted by molar-refractivity contribution is 6.03. The first-order valence-electron chi connectivity index (χ1n) is 6.64. The van der Waals surface area contributed by atoms with Crippen LogP contribution in [0, 0.1) is 5.92 Å². The van der Waals surface area contributed by atoms with Crippen LogP contribution in [0.4, 0.5) is 0 Å². The van der Waals surface area contributed by atoms with Gasteiger partial charge in [0, 0.05) is 6.42 Å². The molecule has 1 aromatic heterocycles. The minimum absolute atomic E-state index is 0.102. The average molecular weight is 269 g/mol. The van der Waals surface area contributed by atoms with Gasteiger partial charge in [0.2, 0.25) is 11.8 Å². The maximum atomic E-state index is 12.3. The first-order chi connectivity index (χ1) is 9.74. The van der Waals surface area contributed by atoms with E-state index in [0.29, 0.717) is 12.2 Å². The van der Waals surface area contributed by atoms with Gasteiger partial charge in [0.05, 0.1) is 18.7 Å². The van der Waals surface area contributed by atoms with Crippen molar-refractivity contribution in [2.45, 2.75) is 19.4 Å². The summed E-state index contributed by atoms with van der Waals surface area (Å²) in [5, 5.41) is 0. The summed E-state index contributed by atoms with van der Waals surface area (Å²) in [5.74, 6) is 0.162. The van der Waals surface area contributed by atoms with E-state index in [-0.39, 0.29) is 30.7 Å². The number of hydrogen-bond donors (Lipinski definition) is 0. The Balaban J connectivity index is 1.70. The molecule has 0 unspecified atom stereocenters. The molecule has 4 nitrogen and oxygen atoms in total. The molecule has 3 rings (SSSR count). The Hall–Kier alpha value is -2.36. The highest BCUT2D eigenvalue weighted by Gasteiger charge is 2.38. The molecule has 2 heterocycles. The Bertz CT molecular complexity index is 604. The highest BCUT2D eigenvalue weighted by atomic mass is 16.3. The van der Waals surface area contributed by atoms with Crippen LogP contribution in [0.1, 0.15) is 17.7 Å². The van der Waals surface area contributed by atoms with Crippen molar-refractivity contribution in [2.75, 3.05) is 0 Å². The van der Waals surface area contributed by atoms with Crippen molar-refractivity contribution in [1.29, 1.82) is 0 Å². The predicted molar refractivity (Wildman–Crippen MR) is 72.5 cm³/mol. The molecular formula is C16H15NO3. The fourth-order valence-corrected chi connectivity index (χ4v) is 2.53. The van der Waals surface area contributed by atoms with Gasteiger partial charge in [0.15, 0.2) is 0 Å². The summed E-state index contributed by atoms with van der Waals surface area (Å²) in [6.07, 6.45) is 2.44. The van der Waals surface area contributed by atoms with Crippen molar-refractivity contribution in [1.82, 2.24) is 4.90 Å². The van der Waals surface area contributed by atoms with E-state index in [4.69, 9.17) is 4.42 Å². The number of benzene rings is 1. The molecular weight excluding hydrogens is 254 g/mol. The summed E-state index contributed by atoms with van der Waals surface area (Å²) in [6, 6.07) is 13.3. The molecule has 1 aromatic carbocycles. The molecule has 1 aliphatic rings. The number of carbonyl (C=O) groups is 2. The molecule has 0 N–H and O–H groups in total. The third kappa shape index (κ3) is 2.50. The molecule has 0 radical (unpaired) electrons. The fraction of sp³-hybridized carbons (Fsp3) is 0.250. The van der Waals surface area contributed by atoms with E-state index in [1.54, 1.807) is 18.4 Å². The number of hydrogen-bond acceptors (Lipinski definition) is 3. The average Bonchev–Trinajstić information content (AvgIpc) is 3.05. The Kier molecular flexibility index (Phi) is 3.37. The lowest BCUT2D eigenvalue weighted by molar-refractivity contribution is -0.140. The van der Waals surface area contributed by atoms with Crippen LogP contribution >= 0.6 is 0 Å². The van der Waals surface area contributed by atoms with E-state index in [2.05, 4.69) is 0 Å². The topological polar surface area (TPSA) is 50.5 Å². The SMILES string of the molecule is O=C1C[C@@H](Cc2ccccc2)C(=O)N1Cc1ccco1. The lowest BCUT2D eigenvalue weighted by Gasteiger charge is -2.13. The quantitative estimate of drug-likeness (QED) is 0.801. The van der Waals surface area contributed by atoms with Crippen molar-refractivity contribution >= 4 is 11.8 Å². The Morgan fingerprint density at radius 3 is 2.60 bits per heavy atom. The monoisotopic (exact) mass is 269 g/mol. The van der Waals surface area contributed by atoms with Gasteiger partial charge in [0.25, 0.3) is 0 Å². The van der Waals surface area contributed by atoms with Crippen molar-refractivity contribution in [2.24, 2.45) is 5.92 Å². The molecule has 102 valence electrons. The zero-order valence-corrected chi connectivity index (χ0v) is 11.0. The van der Waals surface area contributed by atoms with Gasteiger partial charge in [-0.05, 0) is 24.1 Å². The summed E-state index contributed by atoms with van der Waals surface area (Å²) in [4.78, 5) is 25.6. The largest absolute Gasteiger partial charge is 0.467 e. The Morgan fingerprint density at radius 2 is 1.90 bits per heavy atom. The number of amides is 2. The van der Waals surface area contributed by atoms with Crippen LogP contribution in [0.5, 0.6) is 0 Å². The van der Waals surface area contributed by atoms with Gasteiger partial charge in [-0.15, -0.1) is 0 Å². The van der Waals surface area contributed by atoms with Crippen LogP contribution < -0.4 is 0 Å². The van der Waals surface area contributed by atoms with Crippen LogP contribution in [0.25, 0.3) is 0 Å². The normalized spacial score (nSPS) is 18.8. The minimum Gasteiger partial charge on any atom is -0.467 e. The summed E-state index contributed by atoms with van der Waals surface area (Å²) >= 11 is 0. The molecule has 1 atom stereocenters. The summed E-state index contributed by atoms with van der Waals surface area (Å²) < 4.78 is 5.20. The van der Waals surface area contributed by atoms with Gasteiger partial charge in [-0.2, -0.15) is 0 Å². The van der Waals surface area contributed by atoms with Gasteiger partial charge < -0.3 is 4.42 Å². The van der Waals surface area contributed by atoms with Gasteiger partial charge in [-0.3, -0.25) is 14.5 Å². The second kappa shape index (κ2) is 5.33. The first-order valence-corrected chi connectivity index (χ1v) is 6.64. The molecule has 20 heavy (non-hydrogen) atoms. The van der Waals surface area contributed by atoms with Crippen LogP contribution in [-0.4, -0.2) is 16.7 Å². The molecule has 0 saturated carbocycles. The summed E-state index contributed by atoms with van der Waals surface area (Å²) in [6.45, 7) is 0.232. The maximum absolute atomic E-state index is 12.3. The number of furan rings is 1. The van der Waals surface area contributed by atoms with Crippen LogP contribution in [-0.2, 0) is 22.6 Å². The lowest BCUT2D eigenvalue weighted by atomic mass is 9.98. The number of carbonyl (C=O) groups excluding carboxylic acids is 2. The second-order valence-electron chi connectivity index (χ2n) is 4.99. The molecule has 2 aromatic rings. The smallest absolute Gasteiger partial charge is 0.233 e. The second-order valence-corrected chi connectivity index (χ2v) is 4.99. The van der Waals surface area contributed by atoms with E-state index >= 15 is 0 Å². The van der Waals surface area contributed by atoms with Crippen molar-refractivity contribution < 1.29 is 14.0 Å². The third-order valence-corrected chi connectivity index (χ3v) is 3.56. The Labute approximate surface area is 117 Å². The molecule has 2 amide bonds. The lowest BCUT2D eigenvalue weighted by Crippen LogP contribution is -2.30. The van der Waals surface area contributed by atoms with Crippen LogP contribution in [0.2, 0.25) is 0 Å². The molecule has 1 aliphatic heterocycles. The molecule has 1 fully saturated rings. The van der Waals surface area contributed by atoms with Crippen LogP contribution in [0.15, 0.2) is 53.1 Å². The number of likely N-dealkylation sites (tertiary alicyclic amines) is 1. The standard InChI is InChI=1S/C16H15NO3/c18-15-10-13(9-12-5-2-1-3-6-12)16(19)17(15)11-14-7-4-8-20-14/h1-8,13H,9-11H2/t13-/m1/s1. The number of imide groups is 1. The maximum Gasteiger partial charge on any atom is 0.233 e. The molecule has 0 bridgehead atoms. The minimum atomic E-state index is -0.250. The van der Waals surface area contributed by atoms with Crippen molar-refractivity contribution in [3.8, 4) is 0 Å². The van der Waals surface area contributed by atoms with E-state index in [1.165, 1.54) is 4.90 Å². The highest BCUT2D eigenvalue weighted by Crippen LogP contribution is 2.25. The first kappa shape index (κ1) is 12.7. The van der Waals surface area contributed by atoms with E-state index in [1.807, 2.05) is 30.3 Å².